The first-order chi connectivity index (χ1) is 6.85. The molecule has 0 fully saturated rings. The van der Waals surface area contributed by atoms with Crippen LogP contribution in [0.15, 0.2) is 0 Å². The molecule has 0 aliphatic carbocycles. The molecule has 1 unspecified atom stereocenters. The molecule has 1 atom stereocenters. The summed E-state index contributed by atoms with van der Waals surface area (Å²) in [4.78, 5) is 0. The Balaban J connectivity index is 3.24. The van der Waals surface area contributed by atoms with E-state index in [0.717, 1.165) is 26.2 Å². The molecule has 0 aliphatic rings. The van der Waals surface area contributed by atoms with Crippen molar-refractivity contribution in [3.63, 3.8) is 0 Å². The van der Waals surface area contributed by atoms with Crippen LogP contribution >= 0.6 is 0 Å². The molecule has 2 nitrogen and oxygen atoms in total. The monoisotopic (exact) mass is 201 g/mol. The van der Waals surface area contributed by atoms with Gasteiger partial charge in [-0.1, -0.05) is 20.8 Å². The molecule has 0 amide bonds. The lowest BCUT2D eigenvalue weighted by Crippen LogP contribution is -2.29. The molecule has 0 rings (SSSR count). The molecule has 1 N–H and O–H groups in total. The Morgan fingerprint density at radius 1 is 1.07 bits per heavy atom. The average molecular weight is 201 g/mol. The van der Waals surface area contributed by atoms with Gasteiger partial charge >= 0.3 is 0 Å². The fourth-order valence-corrected chi connectivity index (χ4v) is 1.48. The molecular weight excluding hydrogens is 174 g/mol. The first-order valence-corrected chi connectivity index (χ1v) is 6.16. The Hall–Kier alpha value is -0.0800. The lowest BCUT2D eigenvalue weighted by Gasteiger charge is -2.16. The zero-order chi connectivity index (χ0) is 10.6. The lowest BCUT2D eigenvalue weighted by molar-refractivity contribution is 0.128. The van der Waals surface area contributed by atoms with Gasteiger partial charge in [-0.2, -0.15) is 0 Å². The summed E-state index contributed by atoms with van der Waals surface area (Å²) in [7, 11) is 0. The van der Waals surface area contributed by atoms with Gasteiger partial charge in [0.2, 0.25) is 0 Å². The van der Waals surface area contributed by atoms with Crippen LogP contribution < -0.4 is 5.32 Å². The lowest BCUT2D eigenvalue weighted by atomic mass is 10.1. The van der Waals surface area contributed by atoms with Crippen LogP contribution in [0.3, 0.4) is 0 Å². The third-order valence-corrected chi connectivity index (χ3v) is 2.37. The van der Waals surface area contributed by atoms with Crippen LogP contribution in [0.4, 0.5) is 0 Å². The SMILES string of the molecule is CCCNC(CC)CCCOCCC. The molecule has 0 spiro atoms. The Morgan fingerprint density at radius 3 is 2.43 bits per heavy atom. The predicted octanol–water partition coefficient (Wildman–Crippen LogP) is 2.97. The Labute approximate surface area is 89.4 Å². The smallest absolute Gasteiger partial charge is 0.0466 e. The van der Waals surface area contributed by atoms with Crippen LogP contribution in [0, 0.1) is 0 Å². The molecule has 0 radical (unpaired) electrons. The largest absolute Gasteiger partial charge is 0.381 e. The van der Waals surface area contributed by atoms with Crippen molar-refractivity contribution in [2.75, 3.05) is 19.8 Å². The number of ether oxygens (including phenoxy) is 1. The predicted molar refractivity (Wildman–Crippen MR) is 62.7 cm³/mol. The van der Waals surface area contributed by atoms with E-state index in [2.05, 4.69) is 26.1 Å². The number of hydrogen-bond donors (Lipinski definition) is 1. The average Bonchev–Trinajstić information content (AvgIpc) is 2.22. The molecule has 0 aliphatic heterocycles. The molecule has 0 saturated heterocycles. The van der Waals surface area contributed by atoms with E-state index in [1.54, 1.807) is 0 Å². The summed E-state index contributed by atoms with van der Waals surface area (Å²) >= 11 is 0. The summed E-state index contributed by atoms with van der Waals surface area (Å²) in [6.45, 7) is 9.60. The van der Waals surface area contributed by atoms with Crippen LogP contribution in [-0.2, 0) is 4.74 Å². The number of rotatable bonds is 10. The minimum atomic E-state index is 0.695. The van der Waals surface area contributed by atoms with Crippen LogP contribution in [0.1, 0.15) is 52.9 Å². The fourth-order valence-electron chi connectivity index (χ4n) is 1.48. The maximum Gasteiger partial charge on any atom is 0.0466 e. The van der Waals surface area contributed by atoms with Crippen molar-refractivity contribution in [3.8, 4) is 0 Å². The highest BCUT2D eigenvalue weighted by atomic mass is 16.5. The van der Waals surface area contributed by atoms with Gasteiger partial charge in [0.25, 0.3) is 0 Å². The Bertz CT molecular complexity index is 106. The second-order valence-corrected chi connectivity index (χ2v) is 3.81. The Morgan fingerprint density at radius 2 is 1.86 bits per heavy atom. The van der Waals surface area contributed by atoms with E-state index in [1.165, 1.54) is 25.7 Å². The molecule has 0 saturated carbocycles. The van der Waals surface area contributed by atoms with E-state index in [1.807, 2.05) is 0 Å². The fraction of sp³-hybridized carbons (Fsp3) is 1.00. The van der Waals surface area contributed by atoms with Gasteiger partial charge in [0.05, 0.1) is 0 Å². The first-order valence-electron chi connectivity index (χ1n) is 6.16. The van der Waals surface area contributed by atoms with Gasteiger partial charge in [-0.15, -0.1) is 0 Å². The molecule has 0 aromatic heterocycles. The third kappa shape index (κ3) is 8.52. The quantitative estimate of drug-likeness (QED) is 0.549. The Kier molecular flexibility index (Phi) is 10.9. The zero-order valence-corrected chi connectivity index (χ0v) is 10.1. The van der Waals surface area contributed by atoms with Gasteiger partial charge in [0.1, 0.15) is 0 Å². The van der Waals surface area contributed by atoms with Gasteiger partial charge < -0.3 is 10.1 Å². The van der Waals surface area contributed by atoms with Gasteiger partial charge in [0, 0.05) is 19.3 Å². The van der Waals surface area contributed by atoms with Crippen molar-refractivity contribution in [1.29, 1.82) is 0 Å². The van der Waals surface area contributed by atoms with Crippen molar-refractivity contribution in [2.45, 2.75) is 58.9 Å². The van der Waals surface area contributed by atoms with Gasteiger partial charge in [-0.3, -0.25) is 0 Å². The van der Waals surface area contributed by atoms with Crippen LogP contribution in [0.2, 0.25) is 0 Å². The second-order valence-electron chi connectivity index (χ2n) is 3.81. The number of hydrogen-bond acceptors (Lipinski definition) is 2. The van der Waals surface area contributed by atoms with Crippen molar-refractivity contribution in [2.24, 2.45) is 0 Å². The highest BCUT2D eigenvalue weighted by Gasteiger charge is 2.03. The minimum absolute atomic E-state index is 0.695. The third-order valence-electron chi connectivity index (χ3n) is 2.37. The summed E-state index contributed by atoms with van der Waals surface area (Å²) in [5.41, 5.74) is 0. The maximum absolute atomic E-state index is 5.45. The summed E-state index contributed by atoms with van der Waals surface area (Å²) in [6.07, 6.45) is 6.03. The van der Waals surface area contributed by atoms with E-state index >= 15 is 0 Å². The molecule has 86 valence electrons. The molecule has 2 heteroatoms. The molecule has 0 aromatic rings. The van der Waals surface area contributed by atoms with E-state index in [4.69, 9.17) is 4.74 Å². The molecule has 0 bridgehead atoms. The zero-order valence-electron chi connectivity index (χ0n) is 10.1. The van der Waals surface area contributed by atoms with E-state index < -0.39 is 0 Å². The summed E-state index contributed by atoms with van der Waals surface area (Å²) < 4.78 is 5.45. The van der Waals surface area contributed by atoms with Crippen LogP contribution in [0.25, 0.3) is 0 Å². The van der Waals surface area contributed by atoms with Gasteiger partial charge in [0.15, 0.2) is 0 Å². The summed E-state index contributed by atoms with van der Waals surface area (Å²) in [5.74, 6) is 0. The highest BCUT2D eigenvalue weighted by molar-refractivity contribution is 4.63. The normalized spacial score (nSPS) is 13.1. The van der Waals surface area contributed by atoms with Crippen molar-refractivity contribution in [3.05, 3.63) is 0 Å². The standard InChI is InChI=1S/C12H27NO/c1-4-9-13-12(6-3)8-7-11-14-10-5-2/h12-13H,4-11H2,1-3H3. The van der Waals surface area contributed by atoms with Crippen molar-refractivity contribution in [1.82, 2.24) is 5.32 Å². The molecule has 14 heavy (non-hydrogen) atoms. The van der Waals surface area contributed by atoms with Crippen molar-refractivity contribution >= 4 is 0 Å². The highest BCUT2D eigenvalue weighted by Crippen LogP contribution is 2.02. The van der Waals surface area contributed by atoms with E-state index in [9.17, 15) is 0 Å². The van der Waals surface area contributed by atoms with E-state index in [-0.39, 0.29) is 0 Å². The van der Waals surface area contributed by atoms with Crippen molar-refractivity contribution < 1.29 is 4.74 Å². The van der Waals surface area contributed by atoms with Crippen LogP contribution in [0.5, 0.6) is 0 Å². The summed E-state index contributed by atoms with van der Waals surface area (Å²) in [6, 6.07) is 0.695. The van der Waals surface area contributed by atoms with Gasteiger partial charge in [-0.05, 0) is 38.6 Å². The van der Waals surface area contributed by atoms with E-state index in [0.29, 0.717) is 6.04 Å². The van der Waals surface area contributed by atoms with Gasteiger partial charge in [-0.25, -0.2) is 0 Å². The first kappa shape index (κ1) is 13.9. The topological polar surface area (TPSA) is 21.3 Å². The maximum atomic E-state index is 5.45. The molecule has 0 heterocycles. The van der Waals surface area contributed by atoms with Crippen LogP contribution in [-0.4, -0.2) is 25.8 Å². The number of nitrogens with one attached hydrogen (secondary N) is 1. The molecule has 0 aromatic carbocycles. The second kappa shape index (κ2) is 11.0. The minimum Gasteiger partial charge on any atom is -0.381 e. The molecular formula is C12H27NO. The summed E-state index contributed by atoms with van der Waals surface area (Å²) in [5, 5.41) is 3.55.